The molecule has 4 aromatic rings. The van der Waals surface area contributed by atoms with Gasteiger partial charge in [-0.25, -0.2) is 9.79 Å². The number of carbonyl (C=O) groups is 2. The zero-order chi connectivity index (χ0) is 29.8. The lowest BCUT2D eigenvalue weighted by Crippen LogP contribution is -2.40. The number of anilines is 1. The number of halogens is 1. The van der Waals surface area contributed by atoms with Crippen molar-refractivity contribution in [1.82, 2.24) is 4.57 Å². The number of fused-ring (bicyclic) bond motifs is 1. The van der Waals surface area contributed by atoms with Crippen LogP contribution < -0.4 is 24.9 Å². The number of thiazole rings is 1. The number of carbonyl (C=O) groups excluding carboxylic acids is 2. The number of amides is 1. The van der Waals surface area contributed by atoms with Crippen LogP contribution in [-0.4, -0.2) is 29.7 Å². The molecule has 0 aliphatic carbocycles. The molecule has 1 atom stereocenters. The Labute approximate surface area is 251 Å². The molecule has 1 N–H and O–H groups in total. The molecule has 0 unspecified atom stereocenters. The maximum Gasteiger partial charge on any atom is 0.338 e. The van der Waals surface area contributed by atoms with Crippen LogP contribution in [0.1, 0.15) is 36.6 Å². The van der Waals surface area contributed by atoms with Crippen LogP contribution in [0.4, 0.5) is 5.69 Å². The molecule has 1 aliphatic heterocycles. The molecule has 42 heavy (non-hydrogen) atoms. The summed E-state index contributed by atoms with van der Waals surface area (Å²) < 4.78 is 12.9. The lowest BCUT2D eigenvalue weighted by atomic mass is 9.96. The van der Waals surface area contributed by atoms with Crippen molar-refractivity contribution < 1.29 is 19.1 Å². The summed E-state index contributed by atoms with van der Waals surface area (Å²) in [7, 11) is 0. The van der Waals surface area contributed by atoms with E-state index < -0.39 is 12.0 Å². The van der Waals surface area contributed by atoms with Gasteiger partial charge in [0.2, 0.25) is 0 Å². The third-order valence-corrected chi connectivity index (χ3v) is 7.89. The van der Waals surface area contributed by atoms with E-state index in [9.17, 15) is 14.4 Å². The number of nitrogens with one attached hydrogen (secondary N) is 1. The number of aromatic nitrogens is 1. The van der Waals surface area contributed by atoms with E-state index in [0.717, 1.165) is 11.1 Å². The zero-order valence-corrected chi connectivity index (χ0v) is 24.8. The smallest absolute Gasteiger partial charge is 0.338 e. The molecule has 0 radical (unpaired) electrons. The maximum absolute atomic E-state index is 13.8. The van der Waals surface area contributed by atoms with Gasteiger partial charge in [0.1, 0.15) is 11.8 Å². The second kappa shape index (κ2) is 12.6. The Hall–Kier alpha value is -4.47. The largest absolute Gasteiger partial charge is 0.484 e. The number of benzene rings is 3. The van der Waals surface area contributed by atoms with Crippen molar-refractivity contribution in [2.24, 2.45) is 4.99 Å². The molecule has 3 aromatic carbocycles. The van der Waals surface area contributed by atoms with E-state index in [2.05, 4.69) is 10.3 Å². The fourth-order valence-electron chi connectivity index (χ4n) is 4.66. The molecule has 1 aromatic heterocycles. The molecule has 2 heterocycles. The van der Waals surface area contributed by atoms with Gasteiger partial charge in [0.25, 0.3) is 11.5 Å². The van der Waals surface area contributed by atoms with Gasteiger partial charge in [0, 0.05) is 10.7 Å². The lowest BCUT2D eigenvalue weighted by Gasteiger charge is -2.25. The summed E-state index contributed by atoms with van der Waals surface area (Å²) in [4.78, 5) is 44.1. The molecule has 0 bridgehead atoms. The first-order valence-corrected chi connectivity index (χ1v) is 14.5. The summed E-state index contributed by atoms with van der Waals surface area (Å²) >= 11 is 7.78. The third kappa shape index (κ3) is 6.22. The quantitative estimate of drug-likeness (QED) is 0.293. The number of esters is 1. The van der Waals surface area contributed by atoms with E-state index in [1.165, 1.54) is 15.9 Å². The minimum Gasteiger partial charge on any atom is -0.484 e. The third-order valence-electron chi connectivity index (χ3n) is 6.57. The first-order chi connectivity index (χ1) is 20.2. The van der Waals surface area contributed by atoms with Gasteiger partial charge in [0.05, 0.1) is 22.4 Å². The molecule has 10 heteroatoms. The van der Waals surface area contributed by atoms with Crippen LogP contribution in [0.3, 0.4) is 0 Å². The molecular formula is C32H28ClN3O5S. The number of hydrogen-bond acceptors (Lipinski definition) is 7. The van der Waals surface area contributed by atoms with Gasteiger partial charge in [-0.2, -0.15) is 0 Å². The predicted molar refractivity (Wildman–Crippen MR) is 164 cm³/mol. The molecule has 0 spiro atoms. The number of allylic oxidation sites excluding steroid dienone is 1. The molecule has 0 saturated heterocycles. The first-order valence-electron chi connectivity index (χ1n) is 13.3. The number of aryl methyl sites for hydroxylation is 1. The highest BCUT2D eigenvalue weighted by molar-refractivity contribution is 7.07. The van der Waals surface area contributed by atoms with Crippen molar-refractivity contribution >= 4 is 46.6 Å². The van der Waals surface area contributed by atoms with Crippen molar-refractivity contribution in [2.45, 2.75) is 26.8 Å². The minimum atomic E-state index is -0.780. The van der Waals surface area contributed by atoms with Gasteiger partial charge in [-0.05, 0) is 73.9 Å². The number of ether oxygens (including phenoxy) is 2. The van der Waals surface area contributed by atoms with Crippen LogP contribution in [0.5, 0.6) is 5.75 Å². The molecule has 214 valence electrons. The molecule has 1 aliphatic rings. The average Bonchev–Trinajstić information content (AvgIpc) is 3.26. The summed E-state index contributed by atoms with van der Waals surface area (Å²) in [6.45, 7) is 5.45. The minimum absolute atomic E-state index is 0.143. The topological polar surface area (TPSA) is 99.0 Å². The highest BCUT2D eigenvalue weighted by Gasteiger charge is 2.34. The number of hydrogen-bond donors (Lipinski definition) is 1. The molecule has 5 rings (SSSR count). The van der Waals surface area contributed by atoms with Crippen LogP contribution >= 0.6 is 22.9 Å². The fourth-order valence-corrected chi connectivity index (χ4v) is 5.95. The van der Waals surface area contributed by atoms with Crippen LogP contribution in [0, 0.1) is 6.92 Å². The van der Waals surface area contributed by atoms with Gasteiger partial charge in [-0.1, -0.05) is 65.4 Å². The summed E-state index contributed by atoms with van der Waals surface area (Å²) in [6, 6.07) is 20.9. The Morgan fingerprint density at radius 3 is 2.55 bits per heavy atom. The van der Waals surface area contributed by atoms with Gasteiger partial charge in [-0.3, -0.25) is 14.2 Å². The van der Waals surface area contributed by atoms with Crippen LogP contribution in [0.2, 0.25) is 5.02 Å². The van der Waals surface area contributed by atoms with E-state index in [-0.39, 0.29) is 30.3 Å². The van der Waals surface area contributed by atoms with Gasteiger partial charge in [-0.15, -0.1) is 0 Å². The van der Waals surface area contributed by atoms with Gasteiger partial charge >= 0.3 is 5.97 Å². The SMILES string of the molecule is CCOC(=O)C1=C(C)N=c2s/c(=C\c3ccc(OCC(=O)Nc4cccc(C)c4)cc3)c(=O)n2[C@H]1c1ccccc1Cl. The molecule has 0 fully saturated rings. The van der Waals surface area contributed by atoms with Crippen molar-refractivity contribution in [3.63, 3.8) is 0 Å². The van der Waals surface area contributed by atoms with E-state index in [0.29, 0.717) is 37.1 Å². The van der Waals surface area contributed by atoms with Gasteiger partial charge in [0.15, 0.2) is 11.4 Å². The Balaban J connectivity index is 1.41. The summed E-state index contributed by atoms with van der Waals surface area (Å²) in [5, 5.41) is 3.24. The van der Waals surface area contributed by atoms with Crippen LogP contribution in [0.15, 0.2) is 93.9 Å². The van der Waals surface area contributed by atoms with Crippen molar-refractivity contribution in [1.29, 1.82) is 0 Å². The Morgan fingerprint density at radius 2 is 1.83 bits per heavy atom. The summed E-state index contributed by atoms with van der Waals surface area (Å²) in [5.74, 6) is -0.293. The Morgan fingerprint density at radius 1 is 1.07 bits per heavy atom. The zero-order valence-electron chi connectivity index (χ0n) is 23.2. The average molecular weight is 602 g/mol. The van der Waals surface area contributed by atoms with E-state index in [1.807, 2.05) is 37.3 Å². The molecule has 1 amide bonds. The van der Waals surface area contributed by atoms with E-state index in [1.54, 1.807) is 62.4 Å². The fraction of sp³-hybridized carbons (Fsp3) is 0.188. The molecular weight excluding hydrogens is 574 g/mol. The predicted octanol–water partition coefficient (Wildman–Crippen LogP) is 4.78. The maximum atomic E-state index is 13.8. The number of nitrogens with zero attached hydrogens (tertiary/aromatic N) is 2. The van der Waals surface area contributed by atoms with Crippen molar-refractivity contribution in [3.05, 3.63) is 125 Å². The normalized spacial score (nSPS) is 14.7. The molecule has 8 nitrogen and oxygen atoms in total. The van der Waals surface area contributed by atoms with E-state index in [4.69, 9.17) is 21.1 Å². The highest BCUT2D eigenvalue weighted by atomic mass is 35.5. The first kappa shape index (κ1) is 29.0. The van der Waals surface area contributed by atoms with Crippen molar-refractivity contribution in [3.8, 4) is 5.75 Å². The highest BCUT2D eigenvalue weighted by Crippen LogP contribution is 2.34. The molecule has 0 saturated carbocycles. The summed E-state index contributed by atoms with van der Waals surface area (Å²) in [5.41, 5.74) is 3.57. The Bertz CT molecular complexity index is 1870. The van der Waals surface area contributed by atoms with Crippen LogP contribution in [0.25, 0.3) is 6.08 Å². The number of rotatable bonds is 8. The van der Waals surface area contributed by atoms with E-state index >= 15 is 0 Å². The Kier molecular flexibility index (Phi) is 8.70. The van der Waals surface area contributed by atoms with Crippen molar-refractivity contribution in [2.75, 3.05) is 18.5 Å². The second-order valence-corrected chi connectivity index (χ2v) is 11.0. The monoisotopic (exact) mass is 601 g/mol. The van der Waals surface area contributed by atoms with Crippen LogP contribution in [-0.2, 0) is 14.3 Å². The lowest BCUT2D eigenvalue weighted by molar-refractivity contribution is -0.139. The second-order valence-electron chi connectivity index (χ2n) is 9.60. The van der Waals surface area contributed by atoms with Gasteiger partial charge < -0.3 is 14.8 Å². The summed E-state index contributed by atoms with van der Waals surface area (Å²) in [6.07, 6.45) is 1.76. The standard InChI is InChI=1S/C32H28ClN3O5S/c1-4-40-31(39)28-20(3)34-32-36(29(28)24-10-5-6-11-25(24)33)30(38)26(42-32)17-21-12-14-23(15-13-21)41-18-27(37)35-22-9-7-8-19(2)16-22/h5-17,29H,4,18H2,1-3H3,(H,35,37)/b26-17-/t29-/m0/s1.